The molecule has 0 saturated carbocycles. The van der Waals surface area contributed by atoms with Crippen LogP contribution in [0, 0.1) is 5.82 Å². The van der Waals surface area contributed by atoms with Gasteiger partial charge in [-0.25, -0.2) is 4.39 Å². The number of halogens is 1. The highest BCUT2D eigenvalue weighted by molar-refractivity contribution is 6.02. The average Bonchev–Trinajstić information content (AvgIpc) is 2.93. The Hall–Kier alpha value is -4.27. The zero-order valence-electron chi connectivity index (χ0n) is 21.3. The van der Waals surface area contributed by atoms with E-state index in [9.17, 15) is 14.0 Å². The third-order valence-electron chi connectivity index (χ3n) is 6.59. The van der Waals surface area contributed by atoms with Gasteiger partial charge in [0.05, 0.1) is 40.4 Å². The van der Waals surface area contributed by atoms with Gasteiger partial charge in [-0.05, 0) is 53.1 Å². The second-order valence-electron chi connectivity index (χ2n) is 8.59. The minimum Gasteiger partial charge on any atom is -0.493 e. The van der Waals surface area contributed by atoms with Gasteiger partial charge in [0.15, 0.2) is 23.0 Å². The van der Waals surface area contributed by atoms with Crippen LogP contribution in [0.5, 0.6) is 23.0 Å². The van der Waals surface area contributed by atoms with Gasteiger partial charge in [0.1, 0.15) is 5.82 Å². The number of likely N-dealkylation sites (N-methyl/N-ethyl adjacent to an activating group) is 1. The van der Waals surface area contributed by atoms with E-state index in [2.05, 4.69) is 5.32 Å². The van der Waals surface area contributed by atoms with Gasteiger partial charge in [-0.1, -0.05) is 18.2 Å². The number of methoxy groups -OCH3 is 4. The van der Waals surface area contributed by atoms with E-state index < -0.39 is 12.0 Å². The average molecular weight is 509 g/mol. The van der Waals surface area contributed by atoms with E-state index in [4.69, 9.17) is 18.9 Å². The van der Waals surface area contributed by atoms with Crippen molar-refractivity contribution in [1.82, 2.24) is 10.2 Å². The van der Waals surface area contributed by atoms with E-state index >= 15 is 0 Å². The van der Waals surface area contributed by atoms with E-state index in [0.717, 1.165) is 5.56 Å². The third kappa shape index (κ3) is 4.89. The number of fused-ring (bicyclic) bond motifs is 1. The first-order valence-electron chi connectivity index (χ1n) is 11.6. The van der Waals surface area contributed by atoms with Crippen molar-refractivity contribution in [3.63, 3.8) is 0 Å². The summed E-state index contributed by atoms with van der Waals surface area (Å²) in [5.41, 5.74) is 2.29. The van der Waals surface area contributed by atoms with Gasteiger partial charge in [0, 0.05) is 19.2 Å². The van der Waals surface area contributed by atoms with Crippen LogP contribution < -0.4 is 24.3 Å². The fraction of sp³-hybridized carbons (Fsp3) is 0.286. The molecule has 0 saturated heterocycles. The van der Waals surface area contributed by atoms with E-state index in [1.54, 1.807) is 43.4 Å². The Kier molecular flexibility index (Phi) is 7.52. The molecule has 0 aromatic heterocycles. The van der Waals surface area contributed by atoms with Crippen LogP contribution in [0.3, 0.4) is 0 Å². The Labute approximate surface area is 214 Å². The number of nitrogens with one attached hydrogen (secondary N) is 1. The minimum atomic E-state index is -0.795. The highest BCUT2D eigenvalue weighted by Crippen LogP contribution is 2.46. The molecule has 3 aromatic rings. The molecule has 8 nitrogen and oxygen atoms in total. The summed E-state index contributed by atoms with van der Waals surface area (Å²) in [5.74, 6) is 0.0703. The van der Waals surface area contributed by atoms with Crippen molar-refractivity contribution in [2.24, 2.45) is 0 Å². The molecule has 9 heteroatoms. The molecule has 37 heavy (non-hydrogen) atoms. The first-order valence-corrected chi connectivity index (χ1v) is 11.6. The molecule has 2 unspecified atom stereocenters. The van der Waals surface area contributed by atoms with Gasteiger partial charge in [0.25, 0.3) is 5.91 Å². The topological polar surface area (TPSA) is 86.3 Å². The molecular formula is C28H29FN2O6. The molecule has 1 aliphatic heterocycles. The van der Waals surface area contributed by atoms with E-state index in [1.807, 2.05) is 6.07 Å². The molecule has 1 heterocycles. The van der Waals surface area contributed by atoms with Gasteiger partial charge < -0.3 is 29.2 Å². The zero-order valence-corrected chi connectivity index (χ0v) is 21.3. The maximum Gasteiger partial charge on any atom is 0.254 e. The van der Waals surface area contributed by atoms with Crippen molar-refractivity contribution in [2.45, 2.75) is 18.5 Å². The first-order chi connectivity index (χ1) is 17.8. The molecule has 0 spiro atoms. The third-order valence-corrected chi connectivity index (χ3v) is 6.59. The maximum atomic E-state index is 13.8. The van der Waals surface area contributed by atoms with Crippen molar-refractivity contribution >= 4 is 11.8 Å². The standard InChI is InChI=1S/C28H29FN2O6/c1-31-26(17-8-11-21(34-2)22(12-17)35-3)25(27(32)30-15-16-6-9-18(29)10-7-16)19-13-23(36-4)24(37-5)14-20(19)28(31)33/h6-14,25-26H,15H2,1-5H3,(H,30,32). The second-order valence-corrected chi connectivity index (χ2v) is 8.59. The lowest BCUT2D eigenvalue weighted by atomic mass is 9.79. The largest absolute Gasteiger partial charge is 0.493 e. The monoisotopic (exact) mass is 508 g/mol. The van der Waals surface area contributed by atoms with Gasteiger partial charge in [0.2, 0.25) is 5.91 Å². The fourth-order valence-electron chi connectivity index (χ4n) is 4.69. The van der Waals surface area contributed by atoms with Crippen LogP contribution in [-0.2, 0) is 11.3 Å². The summed E-state index contributed by atoms with van der Waals surface area (Å²) in [7, 11) is 7.70. The SMILES string of the molecule is COc1ccc(C2C(C(=O)NCc3ccc(F)cc3)c3cc(OC)c(OC)cc3C(=O)N2C)cc1OC. The highest BCUT2D eigenvalue weighted by Gasteiger charge is 2.43. The van der Waals surface area contributed by atoms with Gasteiger partial charge in [-0.2, -0.15) is 0 Å². The van der Waals surface area contributed by atoms with Crippen molar-refractivity contribution in [3.05, 3.63) is 82.7 Å². The Bertz CT molecular complexity index is 1310. The lowest BCUT2D eigenvalue weighted by Gasteiger charge is -2.40. The number of rotatable bonds is 8. The predicted octanol–water partition coefficient (Wildman–Crippen LogP) is 4.09. The van der Waals surface area contributed by atoms with Gasteiger partial charge in [-0.3, -0.25) is 9.59 Å². The second kappa shape index (κ2) is 10.8. The fourth-order valence-corrected chi connectivity index (χ4v) is 4.69. The van der Waals surface area contributed by atoms with Gasteiger partial charge >= 0.3 is 0 Å². The van der Waals surface area contributed by atoms with Crippen LogP contribution in [0.15, 0.2) is 54.6 Å². The molecular weight excluding hydrogens is 479 g/mol. The van der Waals surface area contributed by atoms with E-state index in [0.29, 0.717) is 39.7 Å². The number of hydrogen-bond acceptors (Lipinski definition) is 6. The summed E-state index contributed by atoms with van der Waals surface area (Å²) in [6.07, 6.45) is 0. The summed E-state index contributed by atoms with van der Waals surface area (Å²) in [5, 5.41) is 2.95. The van der Waals surface area contributed by atoms with Crippen LogP contribution in [0.4, 0.5) is 4.39 Å². The molecule has 4 rings (SSSR count). The number of carbonyl (C=O) groups is 2. The number of hydrogen-bond donors (Lipinski definition) is 1. The molecule has 3 aromatic carbocycles. The molecule has 194 valence electrons. The molecule has 0 aliphatic carbocycles. The van der Waals surface area contributed by atoms with E-state index in [1.165, 1.54) is 45.5 Å². The normalized spacial score (nSPS) is 16.6. The van der Waals surface area contributed by atoms with Gasteiger partial charge in [-0.15, -0.1) is 0 Å². The Balaban J connectivity index is 1.82. The van der Waals surface area contributed by atoms with Crippen molar-refractivity contribution < 1.29 is 32.9 Å². The number of amides is 2. The predicted molar refractivity (Wildman–Crippen MR) is 135 cm³/mol. The Morgan fingerprint density at radius 2 is 1.46 bits per heavy atom. The molecule has 2 atom stereocenters. The lowest BCUT2D eigenvalue weighted by Crippen LogP contribution is -2.45. The summed E-state index contributed by atoms with van der Waals surface area (Å²) >= 11 is 0. The quantitative estimate of drug-likeness (QED) is 0.494. The van der Waals surface area contributed by atoms with Crippen LogP contribution in [-0.4, -0.2) is 52.2 Å². The number of ether oxygens (including phenoxy) is 4. The van der Waals surface area contributed by atoms with Crippen LogP contribution >= 0.6 is 0 Å². The Morgan fingerprint density at radius 3 is 2.08 bits per heavy atom. The van der Waals surface area contributed by atoms with Crippen molar-refractivity contribution in [1.29, 1.82) is 0 Å². The number of nitrogens with zero attached hydrogens (tertiary/aromatic N) is 1. The molecule has 0 bridgehead atoms. The Morgan fingerprint density at radius 1 is 0.865 bits per heavy atom. The summed E-state index contributed by atoms with van der Waals surface area (Å²) in [6.45, 7) is 0.189. The van der Waals surface area contributed by atoms with Crippen LogP contribution in [0.1, 0.15) is 39.0 Å². The summed E-state index contributed by atoms with van der Waals surface area (Å²) in [6, 6.07) is 13.8. The minimum absolute atomic E-state index is 0.189. The molecule has 0 radical (unpaired) electrons. The summed E-state index contributed by atoms with van der Waals surface area (Å²) in [4.78, 5) is 28.9. The van der Waals surface area contributed by atoms with E-state index in [-0.39, 0.29) is 24.2 Å². The van der Waals surface area contributed by atoms with Crippen LogP contribution in [0.2, 0.25) is 0 Å². The maximum absolute atomic E-state index is 13.8. The summed E-state index contributed by atoms with van der Waals surface area (Å²) < 4.78 is 35.1. The highest BCUT2D eigenvalue weighted by atomic mass is 19.1. The molecule has 1 N–H and O–H groups in total. The van der Waals surface area contributed by atoms with Crippen LogP contribution in [0.25, 0.3) is 0 Å². The first kappa shape index (κ1) is 25.8. The number of carbonyl (C=O) groups excluding carboxylic acids is 2. The lowest BCUT2D eigenvalue weighted by molar-refractivity contribution is -0.124. The molecule has 1 aliphatic rings. The molecule has 0 fully saturated rings. The van der Waals surface area contributed by atoms with Crippen molar-refractivity contribution in [3.8, 4) is 23.0 Å². The zero-order chi connectivity index (χ0) is 26.7. The number of benzene rings is 3. The van der Waals surface area contributed by atoms with Crippen molar-refractivity contribution in [2.75, 3.05) is 35.5 Å². The molecule has 2 amide bonds. The smallest absolute Gasteiger partial charge is 0.254 e.